The van der Waals surface area contributed by atoms with E-state index >= 15 is 0 Å². The SMILES string of the molecule is Cc1[nH]c(=O)c2cc(Cl)ccc2c1C[N+](C)(C)C. The first kappa shape index (κ1) is 13.1. The Balaban J connectivity index is 2.76. The van der Waals surface area contributed by atoms with Gasteiger partial charge in [-0.3, -0.25) is 4.79 Å². The maximum atomic E-state index is 12.0. The number of pyridine rings is 1. The Morgan fingerprint density at radius 3 is 2.50 bits per heavy atom. The third-order valence-electron chi connectivity index (χ3n) is 2.94. The van der Waals surface area contributed by atoms with Crippen LogP contribution in [0.5, 0.6) is 0 Å². The highest BCUT2D eigenvalue weighted by atomic mass is 35.5. The first-order valence-electron chi connectivity index (χ1n) is 5.89. The first-order chi connectivity index (χ1) is 8.28. The zero-order chi connectivity index (χ0) is 13.5. The van der Waals surface area contributed by atoms with Crippen molar-refractivity contribution in [1.82, 2.24) is 4.98 Å². The van der Waals surface area contributed by atoms with Gasteiger partial charge in [-0.25, -0.2) is 0 Å². The molecule has 0 saturated carbocycles. The molecule has 1 N–H and O–H groups in total. The van der Waals surface area contributed by atoms with Crippen LogP contribution in [0.2, 0.25) is 5.02 Å². The van der Waals surface area contributed by atoms with Crippen molar-refractivity contribution in [3.8, 4) is 0 Å². The fraction of sp³-hybridized carbons (Fsp3) is 0.357. The monoisotopic (exact) mass is 265 g/mol. The van der Waals surface area contributed by atoms with E-state index < -0.39 is 0 Å². The summed E-state index contributed by atoms with van der Waals surface area (Å²) in [4.78, 5) is 14.9. The van der Waals surface area contributed by atoms with Gasteiger partial charge in [0.2, 0.25) is 0 Å². The molecule has 18 heavy (non-hydrogen) atoms. The number of nitrogens with one attached hydrogen (secondary N) is 1. The van der Waals surface area contributed by atoms with Crippen LogP contribution in [-0.4, -0.2) is 30.6 Å². The van der Waals surface area contributed by atoms with E-state index in [1.54, 1.807) is 6.07 Å². The summed E-state index contributed by atoms with van der Waals surface area (Å²) in [7, 11) is 6.39. The molecule has 0 aliphatic carbocycles. The van der Waals surface area contributed by atoms with Crippen LogP contribution in [0.25, 0.3) is 10.8 Å². The molecule has 0 aliphatic rings. The Kier molecular flexibility index (Phi) is 3.21. The van der Waals surface area contributed by atoms with Crippen LogP contribution in [-0.2, 0) is 6.54 Å². The van der Waals surface area contributed by atoms with Crippen molar-refractivity contribution in [2.45, 2.75) is 13.5 Å². The van der Waals surface area contributed by atoms with Crippen molar-refractivity contribution in [2.75, 3.05) is 21.1 Å². The molecule has 0 aliphatic heterocycles. The molecule has 96 valence electrons. The number of aryl methyl sites for hydroxylation is 1. The highest BCUT2D eigenvalue weighted by Crippen LogP contribution is 2.23. The zero-order valence-electron chi connectivity index (χ0n) is 11.2. The Bertz CT molecular complexity index is 653. The minimum atomic E-state index is -0.0739. The third kappa shape index (κ3) is 2.57. The number of nitrogens with zero attached hydrogens (tertiary/aromatic N) is 1. The Morgan fingerprint density at radius 1 is 1.22 bits per heavy atom. The van der Waals surface area contributed by atoms with Crippen molar-refractivity contribution in [3.05, 3.63) is 44.8 Å². The van der Waals surface area contributed by atoms with Crippen molar-refractivity contribution >= 4 is 22.4 Å². The van der Waals surface area contributed by atoms with Crippen LogP contribution in [0.1, 0.15) is 11.3 Å². The molecule has 0 amide bonds. The molecule has 0 radical (unpaired) electrons. The maximum absolute atomic E-state index is 12.0. The molecule has 0 saturated heterocycles. The second-order valence-corrected chi connectivity index (χ2v) is 6.13. The number of hydrogen-bond donors (Lipinski definition) is 1. The number of hydrogen-bond acceptors (Lipinski definition) is 1. The van der Waals surface area contributed by atoms with Gasteiger partial charge in [0.15, 0.2) is 0 Å². The number of fused-ring (bicyclic) bond motifs is 1. The van der Waals surface area contributed by atoms with E-state index in [0.717, 1.165) is 22.1 Å². The molecule has 0 atom stereocenters. The minimum Gasteiger partial charge on any atom is -0.327 e. The summed E-state index contributed by atoms with van der Waals surface area (Å²) in [5.74, 6) is 0. The molecule has 2 aromatic rings. The molecule has 3 nitrogen and oxygen atoms in total. The van der Waals surface area contributed by atoms with Crippen LogP contribution in [0, 0.1) is 6.92 Å². The lowest BCUT2D eigenvalue weighted by atomic mass is 10.0. The average Bonchev–Trinajstić information content (AvgIpc) is 2.23. The molecule has 1 aromatic carbocycles. The predicted octanol–water partition coefficient (Wildman–Crippen LogP) is 2.70. The smallest absolute Gasteiger partial charge is 0.256 e. The van der Waals surface area contributed by atoms with E-state index in [1.165, 1.54) is 5.56 Å². The summed E-state index contributed by atoms with van der Waals surface area (Å²) in [5.41, 5.74) is 2.03. The fourth-order valence-corrected chi connectivity index (χ4v) is 2.33. The number of rotatable bonds is 2. The number of benzene rings is 1. The van der Waals surface area contributed by atoms with E-state index in [9.17, 15) is 4.79 Å². The van der Waals surface area contributed by atoms with E-state index in [-0.39, 0.29) is 5.56 Å². The summed E-state index contributed by atoms with van der Waals surface area (Å²) in [5, 5.41) is 2.25. The largest absolute Gasteiger partial charge is 0.327 e. The molecule has 1 heterocycles. The van der Waals surface area contributed by atoms with E-state index in [4.69, 9.17) is 11.6 Å². The maximum Gasteiger partial charge on any atom is 0.256 e. The Labute approximate surface area is 112 Å². The Morgan fingerprint density at radius 2 is 1.89 bits per heavy atom. The molecular weight excluding hydrogens is 248 g/mol. The molecular formula is C14H18ClN2O+. The van der Waals surface area contributed by atoms with Gasteiger partial charge in [0.05, 0.1) is 21.1 Å². The van der Waals surface area contributed by atoms with E-state index in [1.807, 2.05) is 19.1 Å². The molecule has 2 rings (SSSR count). The van der Waals surface area contributed by atoms with Crippen LogP contribution in [0.4, 0.5) is 0 Å². The predicted molar refractivity (Wildman–Crippen MR) is 76.1 cm³/mol. The van der Waals surface area contributed by atoms with Gasteiger partial charge in [-0.1, -0.05) is 17.7 Å². The lowest BCUT2D eigenvalue weighted by molar-refractivity contribution is -0.883. The van der Waals surface area contributed by atoms with Crippen molar-refractivity contribution in [1.29, 1.82) is 0 Å². The standard InChI is InChI=1S/C14H17ClN2O/c1-9-13(8-17(2,3)4)11-6-5-10(15)7-12(11)14(18)16-9/h5-7H,8H2,1-4H3/p+1. The molecule has 1 aromatic heterocycles. The second kappa shape index (κ2) is 4.41. The highest BCUT2D eigenvalue weighted by molar-refractivity contribution is 6.31. The Hall–Kier alpha value is -1.32. The van der Waals surface area contributed by atoms with Crippen molar-refractivity contribution in [3.63, 3.8) is 0 Å². The van der Waals surface area contributed by atoms with Gasteiger partial charge in [0.1, 0.15) is 6.54 Å². The van der Waals surface area contributed by atoms with Gasteiger partial charge >= 0.3 is 0 Å². The summed E-state index contributed by atoms with van der Waals surface area (Å²) >= 11 is 5.96. The van der Waals surface area contributed by atoms with Gasteiger partial charge in [-0.2, -0.15) is 0 Å². The number of H-pyrrole nitrogens is 1. The topological polar surface area (TPSA) is 32.9 Å². The molecule has 0 bridgehead atoms. The van der Waals surface area contributed by atoms with Gasteiger partial charge in [0.25, 0.3) is 5.56 Å². The summed E-state index contributed by atoms with van der Waals surface area (Å²) in [6.07, 6.45) is 0. The first-order valence-corrected chi connectivity index (χ1v) is 6.27. The number of quaternary nitrogens is 1. The second-order valence-electron chi connectivity index (χ2n) is 5.70. The van der Waals surface area contributed by atoms with Crippen molar-refractivity contribution < 1.29 is 4.48 Å². The van der Waals surface area contributed by atoms with E-state index in [0.29, 0.717) is 10.4 Å². The lowest BCUT2D eigenvalue weighted by Crippen LogP contribution is -2.34. The van der Waals surface area contributed by atoms with Crippen molar-refractivity contribution in [2.24, 2.45) is 0 Å². The average molecular weight is 266 g/mol. The summed E-state index contributed by atoms with van der Waals surface area (Å²) in [6, 6.07) is 5.50. The van der Waals surface area contributed by atoms with Crippen LogP contribution in [0.3, 0.4) is 0 Å². The van der Waals surface area contributed by atoms with Gasteiger partial charge < -0.3 is 9.47 Å². The molecule has 0 unspecified atom stereocenters. The number of aromatic amines is 1. The molecule has 0 fully saturated rings. The van der Waals surface area contributed by atoms with Gasteiger partial charge in [-0.05, 0) is 24.4 Å². The highest BCUT2D eigenvalue weighted by Gasteiger charge is 2.16. The minimum absolute atomic E-state index is 0.0739. The number of halogens is 1. The van der Waals surface area contributed by atoms with Gasteiger partial charge in [-0.15, -0.1) is 0 Å². The summed E-state index contributed by atoms with van der Waals surface area (Å²) in [6.45, 7) is 2.81. The van der Waals surface area contributed by atoms with E-state index in [2.05, 4.69) is 26.1 Å². The lowest BCUT2D eigenvalue weighted by Gasteiger charge is -2.25. The molecule has 0 spiro atoms. The fourth-order valence-electron chi connectivity index (χ4n) is 2.16. The van der Waals surface area contributed by atoms with Gasteiger partial charge in [0, 0.05) is 21.7 Å². The van der Waals surface area contributed by atoms with Crippen LogP contribution >= 0.6 is 11.6 Å². The third-order valence-corrected chi connectivity index (χ3v) is 3.17. The normalized spacial score (nSPS) is 12.1. The van der Waals surface area contributed by atoms with Crippen LogP contribution in [0.15, 0.2) is 23.0 Å². The number of aromatic nitrogens is 1. The summed E-state index contributed by atoms with van der Waals surface area (Å²) < 4.78 is 0.810. The molecule has 4 heteroatoms. The van der Waals surface area contributed by atoms with Crippen LogP contribution < -0.4 is 5.56 Å². The zero-order valence-corrected chi connectivity index (χ0v) is 11.9. The quantitative estimate of drug-likeness (QED) is 0.832.